The summed E-state index contributed by atoms with van der Waals surface area (Å²) in [6, 6.07) is 11.7. The molecule has 2 aromatic heterocycles. The van der Waals surface area contributed by atoms with E-state index in [1.807, 2.05) is 44.2 Å². The number of aryl methyl sites for hydroxylation is 1. The Labute approximate surface area is 150 Å². The number of carbonyl (C=O) groups excluding carboxylic acids is 1. The van der Waals surface area contributed by atoms with Crippen LogP contribution in [0.3, 0.4) is 0 Å². The number of benzene rings is 1. The number of furan rings is 1. The number of carbonyl (C=O) groups is 1. The molecular formula is C18H19N3O3S. The fourth-order valence-corrected chi connectivity index (χ4v) is 3.07. The van der Waals surface area contributed by atoms with Gasteiger partial charge in [-0.2, -0.15) is 0 Å². The molecule has 0 N–H and O–H groups in total. The number of hydrogen-bond donors (Lipinski definition) is 0. The van der Waals surface area contributed by atoms with Crippen molar-refractivity contribution in [1.29, 1.82) is 0 Å². The first-order chi connectivity index (χ1) is 12.1. The average molecular weight is 357 g/mol. The highest BCUT2D eigenvalue weighted by atomic mass is 32.2. The van der Waals surface area contributed by atoms with Crippen LogP contribution in [0, 0.1) is 6.92 Å². The summed E-state index contributed by atoms with van der Waals surface area (Å²) in [6.07, 6.45) is 1.57. The van der Waals surface area contributed by atoms with Gasteiger partial charge in [0.15, 0.2) is 0 Å². The summed E-state index contributed by atoms with van der Waals surface area (Å²) in [6.45, 7) is 3.83. The molecule has 25 heavy (non-hydrogen) atoms. The Morgan fingerprint density at radius 3 is 2.68 bits per heavy atom. The van der Waals surface area contributed by atoms with E-state index >= 15 is 0 Å². The summed E-state index contributed by atoms with van der Waals surface area (Å²) in [4.78, 5) is 14.1. The standard InChI is InChI=1S/C18H19N3O3S/c1-12(14-7-5-4-6-8-14)21(3)16(22)11-25-18-20-19-17(24-18)15-9-10-23-13(15)2/h4-10,12H,11H2,1-3H3/t12-/m1/s1. The summed E-state index contributed by atoms with van der Waals surface area (Å²) >= 11 is 1.23. The number of rotatable bonds is 6. The van der Waals surface area contributed by atoms with Gasteiger partial charge in [-0.3, -0.25) is 4.79 Å². The maximum Gasteiger partial charge on any atom is 0.277 e. The van der Waals surface area contributed by atoms with Crippen molar-refractivity contribution in [2.24, 2.45) is 0 Å². The molecule has 0 saturated carbocycles. The molecule has 3 aromatic rings. The van der Waals surface area contributed by atoms with Gasteiger partial charge < -0.3 is 13.7 Å². The van der Waals surface area contributed by atoms with Crippen molar-refractivity contribution < 1.29 is 13.6 Å². The van der Waals surface area contributed by atoms with Crippen LogP contribution in [-0.2, 0) is 4.79 Å². The predicted octanol–water partition coefficient (Wildman–Crippen LogP) is 3.95. The lowest BCUT2D eigenvalue weighted by atomic mass is 10.1. The summed E-state index contributed by atoms with van der Waals surface area (Å²) < 4.78 is 10.8. The maximum atomic E-state index is 12.4. The lowest BCUT2D eigenvalue weighted by molar-refractivity contribution is -0.128. The van der Waals surface area contributed by atoms with Crippen LogP contribution in [-0.4, -0.2) is 33.8 Å². The molecule has 3 rings (SSSR count). The van der Waals surface area contributed by atoms with Crippen LogP contribution in [0.1, 0.15) is 24.3 Å². The molecule has 0 radical (unpaired) electrons. The Kier molecular flexibility index (Phi) is 5.23. The predicted molar refractivity (Wildman–Crippen MR) is 95.1 cm³/mol. The lowest BCUT2D eigenvalue weighted by Crippen LogP contribution is -2.31. The third-order valence-electron chi connectivity index (χ3n) is 4.07. The van der Waals surface area contributed by atoms with Crippen LogP contribution in [0.25, 0.3) is 11.5 Å². The molecule has 130 valence electrons. The number of amides is 1. The van der Waals surface area contributed by atoms with Gasteiger partial charge in [0.25, 0.3) is 11.1 Å². The van der Waals surface area contributed by atoms with Gasteiger partial charge in [-0.15, -0.1) is 10.2 Å². The van der Waals surface area contributed by atoms with Crippen molar-refractivity contribution in [2.45, 2.75) is 25.1 Å². The second kappa shape index (κ2) is 7.57. The van der Waals surface area contributed by atoms with E-state index in [4.69, 9.17) is 8.83 Å². The van der Waals surface area contributed by atoms with Gasteiger partial charge in [-0.25, -0.2) is 0 Å². The molecule has 0 aliphatic rings. The van der Waals surface area contributed by atoms with Crippen LogP contribution in [0.5, 0.6) is 0 Å². The summed E-state index contributed by atoms with van der Waals surface area (Å²) in [5.74, 6) is 1.35. The van der Waals surface area contributed by atoms with Crippen molar-refractivity contribution in [3.63, 3.8) is 0 Å². The normalized spacial score (nSPS) is 12.1. The van der Waals surface area contributed by atoms with E-state index in [0.717, 1.165) is 11.1 Å². The van der Waals surface area contributed by atoms with Crippen LogP contribution < -0.4 is 0 Å². The van der Waals surface area contributed by atoms with Crippen LogP contribution in [0.4, 0.5) is 0 Å². The van der Waals surface area contributed by atoms with Gasteiger partial charge in [0.1, 0.15) is 5.76 Å². The first-order valence-corrected chi connectivity index (χ1v) is 8.86. The minimum atomic E-state index is 0.000551. The molecule has 0 bridgehead atoms. The van der Waals surface area contributed by atoms with Gasteiger partial charge in [-0.1, -0.05) is 42.1 Å². The molecule has 1 amide bonds. The van der Waals surface area contributed by atoms with Gasteiger partial charge in [0.05, 0.1) is 23.6 Å². The third-order valence-corrected chi connectivity index (χ3v) is 4.87. The Bertz CT molecular complexity index is 844. The third kappa shape index (κ3) is 3.93. The fraction of sp³-hybridized carbons (Fsp3) is 0.278. The molecule has 0 aliphatic heterocycles. The Morgan fingerprint density at radius 2 is 2.00 bits per heavy atom. The Balaban J connectivity index is 1.59. The van der Waals surface area contributed by atoms with Crippen molar-refractivity contribution in [3.8, 4) is 11.5 Å². The van der Waals surface area contributed by atoms with Crippen molar-refractivity contribution in [2.75, 3.05) is 12.8 Å². The quantitative estimate of drug-likeness (QED) is 0.622. The Morgan fingerprint density at radius 1 is 1.24 bits per heavy atom. The zero-order valence-corrected chi connectivity index (χ0v) is 15.1. The molecule has 0 saturated heterocycles. The topological polar surface area (TPSA) is 72.4 Å². The average Bonchev–Trinajstić information content (AvgIpc) is 3.27. The number of aromatic nitrogens is 2. The smallest absolute Gasteiger partial charge is 0.277 e. The zero-order chi connectivity index (χ0) is 17.8. The molecular weight excluding hydrogens is 338 g/mol. The van der Waals surface area contributed by atoms with Crippen molar-refractivity contribution >= 4 is 17.7 Å². The fourth-order valence-electron chi connectivity index (χ4n) is 2.38. The lowest BCUT2D eigenvalue weighted by Gasteiger charge is -2.25. The van der Waals surface area contributed by atoms with E-state index in [1.54, 1.807) is 24.3 Å². The van der Waals surface area contributed by atoms with Crippen molar-refractivity contribution in [3.05, 3.63) is 54.0 Å². The summed E-state index contributed by atoms with van der Waals surface area (Å²) in [5, 5.41) is 8.35. The molecule has 2 heterocycles. The van der Waals surface area contributed by atoms with Gasteiger partial charge in [0, 0.05) is 7.05 Å². The van der Waals surface area contributed by atoms with E-state index in [9.17, 15) is 4.79 Å². The molecule has 0 aliphatic carbocycles. The summed E-state index contributed by atoms with van der Waals surface area (Å²) in [7, 11) is 1.80. The highest BCUT2D eigenvalue weighted by Gasteiger charge is 2.19. The largest absolute Gasteiger partial charge is 0.469 e. The molecule has 1 atom stereocenters. The van der Waals surface area contributed by atoms with Gasteiger partial charge >= 0.3 is 0 Å². The first kappa shape index (κ1) is 17.3. The number of nitrogens with zero attached hydrogens (tertiary/aromatic N) is 3. The van der Waals surface area contributed by atoms with E-state index in [0.29, 0.717) is 16.9 Å². The molecule has 0 fully saturated rings. The van der Waals surface area contributed by atoms with E-state index in [-0.39, 0.29) is 17.7 Å². The highest BCUT2D eigenvalue weighted by Crippen LogP contribution is 2.27. The second-order valence-electron chi connectivity index (χ2n) is 5.64. The van der Waals surface area contributed by atoms with Gasteiger partial charge in [-0.05, 0) is 25.5 Å². The number of hydrogen-bond acceptors (Lipinski definition) is 6. The van der Waals surface area contributed by atoms with E-state index in [1.165, 1.54) is 11.8 Å². The highest BCUT2D eigenvalue weighted by molar-refractivity contribution is 7.99. The minimum absolute atomic E-state index is 0.000551. The molecule has 1 aromatic carbocycles. The van der Waals surface area contributed by atoms with Gasteiger partial charge in [0.2, 0.25) is 5.91 Å². The maximum absolute atomic E-state index is 12.4. The van der Waals surface area contributed by atoms with Crippen molar-refractivity contribution in [1.82, 2.24) is 15.1 Å². The molecule has 7 heteroatoms. The molecule has 6 nitrogen and oxygen atoms in total. The van der Waals surface area contributed by atoms with E-state index < -0.39 is 0 Å². The van der Waals surface area contributed by atoms with E-state index in [2.05, 4.69) is 10.2 Å². The van der Waals surface area contributed by atoms with Crippen LogP contribution >= 0.6 is 11.8 Å². The first-order valence-electron chi connectivity index (χ1n) is 7.87. The number of thioether (sulfide) groups is 1. The Hall–Kier alpha value is -2.54. The summed E-state index contributed by atoms with van der Waals surface area (Å²) in [5.41, 5.74) is 1.86. The SMILES string of the molecule is Cc1occc1-c1nnc(SCC(=O)N(C)[C@H](C)c2ccccc2)o1. The van der Waals surface area contributed by atoms with Crippen LogP contribution in [0.2, 0.25) is 0 Å². The van der Waals surface area contributed by atoms with Crippen LogP contribution in [0.15, 0.2) is 56.7 Å². The zero-order valence-electron chi connectivity index (χ0n) is 14.3. The molecule has 0 spiro atoms. The second-order valence-corrected chi connectivity index (χ2v) is 6.57. The molecule has 0 unspecified atom stereocenters. The monoisotopic (exact) mass is 357 g/mol. The minimum Gasteiger partial charge on any atom is -0.469 e.